The van der Waals surface area contributed by atoms with Gasteiger partial charge in [0.25, 0.3) is 0 Å². The van der Waals surface area contributed by atoms with Crippen LogP contribution in [-0.2, 0) is 4.79 Å². The van der Waals surface area contributed by atoms with E-state index in [0.29, 0.717) is 11.4 Å². The Bertz CT molecular complexity index is 634. The summed E-state index contributed by atoms with van der Waals surface area (Å²) in [5.41, 5.74) is 0.355. The smallest absolute Gasteiger partial charge is 0.248 e. The molecule has 19 heavy (non-hydrogen) atoms. The molecule has 1 amide bonds. The maximum atomic E-state index is 12.8. The lowest BCUT2D eigenvalue weighted by Gasteiger charge is -2.04. The molecule has 0 saturated carbocycles. The second-order valence-electron chi connectivity index (χ2n) is 3.90. The van der Waals surface area contributed by atoms with Gasteiger partial charge in [0.05, 0.1) is 10.7 Å². The first-order valence-electron chi connectivity index (χ1n) is 5.55. The van der Waals surface area contributed by atoms with Gasteiger partial charge in [0.15, 0.2) is 0 Å². The summed E-state index contributed by atoms with van der Waals surface area (Å²) in [5, 5.41) is 2.70. The Morgan fingerprint density at radius 1 is 1.37 bits per heavy atom. The Morgan fingerprint density at radius 2 is 2.16 bits per heavy atom. The maximum Gasteiger partial charge on any atom is 0.248 e. The van der Waals surface area contributed by atoms with E-state index in [1.165, 1.54) is 18.2 Å². The Morgan fingerprint density at radius 3 is 2.79 bits per heavy atom. The van der Waals surface area contributed by atoms with E-state index in [4.69, 9.17) is 16.0 Å². The molecule has 0 aliphatic carbocycles. The molecule has 1 N–H and O–H groups in total. The predicted molar refractivity (Wildman–Crippen MR) is 72.5 cm³/mol. The van der Waals surface area contributed by atoms with Crippen LogP contribution in [0.15, 0.2) is 40.8 Å². The van der Waals surface area contributed by atoms with Gasteiger partial charge in [-0.3, -0.25) is 4.79 Å². The lowest BCUT2D eigenvalue weighted by Crippen LogP contribution is -2.08. The summed E-state index contributed by atoms with van der Waals surface area (Å²) < 4.78 is 18.1. The number of carbonyl (C=O) groups is 1. The third-order valence-corrected chi connectivity index (χ3v) is 2.66. The second-order valence-corrected chi connectivity index (χ2v) is 4.30. The highest BCUT2D eigenvalue weighted by Crippen LogP contribution is 2.22. The van der Waals surface area contributed by atoms with E-state index in [9.17, 15) is 9.18 Å². The maximum absolute atomic E-state index is 12.8. The summed E-state index contributed by atoms with van der Waals surface area (Å²) in [6.07, 6.45) is 2.86. The lowest BCUT2D eigenvalue weighted by molar-refractivity contribution is -0.111. The number of furan rings is 1. The Balaban J connectivity index is 2.03. The number of hydrogen-bond donors (Lipinski definition) is 1. The normalized spacial score (nSPS) is 10.9. The van der Waals surface area contributed by atoms with Crippen LogP contribution in [0.2, 0.25) is 5.02 Å². The van der Waals surface area contributed by atoms with Gasteiger partial charge in [-0.25, -0.2) is 4.39 Å². The van der Waals surface area contributed by atoms with Gasteiger partial charge < -0.3 is 9.73 Å². The summed E-state index contributed by atoms with van der Waals surface area (Å²) in [4.78, 5) is 11.6. The minimum atomic E-state index is -0.454. The van der Waals surface area contributed by atoms with Crippen LogP contribution in [0, 0.1) is 12.7 Å². The molecular formula is C14H11ClFNO2. The van der Waals surface area contributed by atoms with E-state index in [0.717, 1.165) is 11.8 Å². The first-order valence-corrected chi connectivity index (χ1v) is 5.93. The SMILES string of the molecule is Cc1ccc(C=CC(=O)Nc2ccc(F)cc2Cl)o1. The number of nitrogens with one attached hydrogen (secondary N) is 1. The third kappa shape index (κ3) is 3.69. The first-order chi connectivity index (χ1) is 9.04. The summed E-state index contributed by atoms with van der Waals surface area (Å²) in [5.74, 6) is 0.520. The number of anilines is 1. The van der Waals surface area contributed by atoms with Crippen molar-refractivity contribution in [1.29, 1.82) is 0 Å². The summed E-state index contributed by atoms with van der Waals surface area (Å²) in [6, 6.07) is 7.32. The summed E-state index contributed by atoms with van der Waals surface area (Å²) in [6.45, 7) is 1.82. The minimum absolute atomic E-state index is 0.149. The summed E-state index contributed by atoms with van der Waals surface area (Å²) >= 11 is 5.80. The van der Waals surface area contributed by atoms with Crippen molar-refractivity contribution < 1.29 is 13.6 Å². The fraction of sp³-hybridized carbons (Fsp3) is 0.0714. The van der Waals surface area contributed by atoms with Gasteiger partial charge >= 0.3 is 0 Å². The monoisotopic (exact) mass is 279 g/mol. The molecule has 3 nitrogen and oxygen atoms in total. The van der Waals surface area contributed by atoms with Gasteiger partial charge in [0.1, 0.15) is 17.3 Å². The van der Waals surface area contributed by atoms with E-state index in [2.05, 4.69) is 5.32 Å². The Hall–Kier alpha value is -2.07. The molecule has 0 bridgehead atoms. The number of rotatable bonds is 3. The third-order valence-electron chi connectivity index (χ3n) is 2.35. The molecule has 2 rings (SSSR count). The van der Waals surface area contributed by atoms with E-state index < -0.39 is 5.82 Å². The van der Waals surface area contributed by atoms with Crippen LogP contribution in [0.25, 0.3) is 6.08 Å². The topological polar surface area (TPSA) is 42.2 Å². The number of aryl methyl sites for hydroxylation is 1. The molecule has 0 saturated heterocycles. The second kappa shape index (κ2) is 5.71. The molecule has 98 valence electrons. The van der Waals surface area contributed by atoms with Crippen LogP contribution >= 0.6 is 11.6 Å². The van der Waals surface area contributed by atoms with Crippen LogP contribution in [0.1, 0.15) is 11.5 Å². The highest BCUT2D eigenvalue weighted by molar-refractivity contribution is 6.33. The van der Waals surface area contributed by atoms with Gasteiger partial charge in [0, 0.05) is 6.08 Å². The number of halogens is 2. The number of carbonyl (C=O) groups excluding carboxylic acids is 1. The van der Waals surface area contributed by atoms with Gasteiger partial charge in [-0.1, -0.05) is 11.6 Å². The van der Waals surface area contributed by atoms with E-state index in [1.807, 2.05) is 6.92 Å². The van der Waals surface area contributed by atoms with Crippen LogP contribution in [0.4, 0.5) is 10.1 Å². The molecule has 0 radical (unpaired) electrons. The fourth-order valence-corrected chi connectivity index (χ4v) is 1.68. The zero-order valence-corrected chi connectivity index (χ0v) is 10.9. The van der Waals surface area contributed by atoms with Crippen molar-refractivity contribution in [3.63, 3.8) is 0 Å². The largest absolute Gasteiger partial charge is 0.462 e. The Labute approximate surface area is 114 Å². The standard InChI is InChI=1S/C14H11ClFNO2/c1-9-2-4-11(19-9)5-7-14(18)17-13-6-3-10(16)8-12(13)15/h2-8H,1H3,(H,17,18). The van der Waals surface area contributed by atoms with Crippen molar-refractivity contribution >= 4 is 29.3 Å². The molecule has 2 aromatic rings. The van der Waals surface area contributed by atoms with Gasteiger partial charge in [-0.05, 0) is 43.3 Å². The lowest BCUT2D eigenvalue weighted by atomic mass is 10.3. The minimum Gasteiger partial charge on any atom is -0.462 e. The van der Waals surface area contributed by atoms with Gasteiger partial charge in [-0.2, -0.15) is 0 Å². The quantitative estimate of drug-likeness (QED) is 0.862. The van der Waals surface area contributed by atoms with Crippen molar-refractivity contribution in [2.24, 2.45) is 0 Å². The molecule has 0 atom stereocenters. The van der Waals surface area contributed by atoms with Crippen LogP contribution in [0.3, 0.4) is 0 Å². The van der Waals surface area contributed by atoms with Crippen molar-refractivity contribution in [1.82, 2.24) is 0 Å². The van der Waals surface area contributed by atoms with Gasteiger partial charge in [0.2, 0.25) is 5.91 Å². The molecule has 0 unspecified atom stereocenters. The number of hydrogen-bond acceptors (Lipinski definition) is 2. The Kier molecular flexibility index (Phi) is 4.02. The molecule has 1 aromatic heterocycles. The zero-order valence-electron chi connectivity index (χ0n) is 10.1. The van der Waals surface area contributed by atoms with E-state index in [-0.39, 0.29) is 10.9 Å². The van der Waals surface area contributed by atoms with Crippen molar-refractivity contribution in [3.8, 4) is 0 Å². The zero-order chi connectivity index (χ0) is 13.8. The van der Waals surface area contributed by atoms with Crippen LogP contribution in [-0.4, -0.2) is 5.91 Å². The predicted octanol–water partition coefficient (Wildman–Crippen LogP) is 4.03. The van der Waals surface area contributed by atoms with Gasteiger partial charge in [-0.15, -0.1) is 0 Å². The van der Waals surface area contributed by atoms with Crippen molar-refractivity contribution in [2.45, 2.75) is 6.92 Å². The molecule has 0 aliphatic rings. The van der Waals surface area contributed by atoms with Crippen molar-refractivity contribution in [3.05, 3.63) is 58.8 Å². The summed E-state index contributed by atoms with van der Waals surface area (Å²) in [7, 11) is 0. The van der Waals surface area contributed by atoms with E-state index in [1.54, 1.807) is 18.2 Å². The molecule has 0 spiro atoms. The molecule has 0 fully saturated rings. The fourth-order valence-electron chi connectivity index (χ4n) is 1.47. The van der Waals surface area contributed by atoms with Crippen molar-refractivity contribution in [2.75, 3.05) is 5.32 Å². The number of amides is 1. The van der Waals surface area contributed by atoms with Crippen LogP contribution in [0.5, 0.6) is 0 Å². The van der Waals surface area contributed by atoms with Crippen LogP contribution < -0.4 is 5.32 Å². The molecule has 5 heteroatoms. The molecule has 0 aliphatic heterocycles. The highest BCUT2D eigenvalue weighted by Gasteiger charge is 2.04. The average Bonchev–Trinajstić information content (AvgIpc) is 2.76. The first kappa shape index (κ1) is 13.4. The average molecular weight is 280 g/mol. The molecule has 1 aromatic carbocycles. The molecule has 1 heterocycles. The highest BCUT2D eigenvalue weighted by atomic mass is 35.5. The molecular weight excluding hydrogens is 269 g/mol. The van der Waals surface area contributed by atoms with E-state index >= 15 is 0 Å². The number of benzene rings is 1.